The molecule has 24 heavy (non-hydrogen) atoms. The van der Waals surface area contributed by atoms with Crippen molar-refractivity contribution in [1.82, 2.24) is 5.32 Å². The molecule has 1 saturated heterocycles. The molecule has 1 fully saturated rings. The van der Waals surface area contributed by atoms with E-state index in [1.807, 2.05) is 12.1 Å². The molecular weight excluding hydrogens is 326 g/mol. The third-order valence-electron chi connectivity index (χ3n) is 4.17. The average molecular weight is 351 g/mol. The zero-order chi connectivity index (χ0) is 17.5. The molecule has 6 heteroatoms. The molecule has 2 rings (SSSR count). The van der Waals surface area contributed by atoms with Crippen molar-refractivity contribution in [1.29, 1.82) is 0 Å². The molecule has 0 saturated carbocycles. The van der Waals surface area contributed by atoms with Crippen molar-refractivity contribution in [2.45, 2.75) is 43.5 Å². The molecule has 1 amide bonds. The second-order valence-electron chi connectivity index (χ2n) is 6.37. The molecule has 5 nitrogen and oxygen atoms in total. The molecule has 2 N–H and O–H groups in total. The molecule has 1 heterocycles. The van der Waals surface area contributed by atoms with Gasteiger partial charge in [-0.1, -0.05) is 26.0 Å². The molecule has 2 atom stereocenters. The summed E-state index contributed by atoms with van der Waals surface area (Å²) in [6.07, 6.45) is 1.60. The van der Waals surface area contributed by atoms with E-state index >= 15 is 0 Å². The Morgan fingerprint density at radius 1 is 1.33 bits per heavy atom. The molecule has 0 aliphatic carbocycles. The molecule has 0 aromatic heterocycles. The summed E-state index contributed by atoms with van der Waals surface area (Å²) in [6.45, 7) is 5.33. The highest BCUT2D eigenvalue weighted by Gasteiger charge is 2.31. The van der Waals surface area contributed by atoms with Gasteiger partial charge in [-0.05, 0) is 36.5 Å². The van der Waals surface area contributed by atoms with E-state index in [-0.39, 0.29) is 17.6 Å². The third-order valence-corrected chi connectivity index (χ3v) is 5.18. The minimum absolute atomic E-state index is 0.157. The molecule has 1 aromatic rings. The van der Waals surface area contributed by atoms with E-state index in [1.165, 1.54) is 17.3 Å². The van der Waals surface area contributed by atoms with Crippen LogP contribution in [0, 0.1) is 5.92 Å². The number of nitrogens with one attached hydrogen (secondary N) is 1. The van der Waals surface area contributed by atoms with Gasteiger partial charge in [0.05, 0.1) is 12.4 Å². The molecule has 1 aromatic carbocycles. The molecule has 0 bridgehead atoms. The molecular formula is C18H25NO4S. The second kappa shape index (κ2) is 9.08. The van der Waals surface area contributed by atoms with Crippen LogP contribution in [0.1, 0.15) is 38.2 Å². The number of benzene rings is 1. The Morgan fingerprint density at radius 3 is 2.58 bits per heavy atom. The summed E-state index contributed by atoms with van der Waals surface area (Å²) in [5.74, 6) is -0.730. The lowest BCUT2D eigenvalue weighted by molar-refractivity contribution is -0.144. The van der Waals surface area contributed by atoms with Crippen LogP contribution in [-0.4, -0.2) is 42.0 Å². The molecule has 0 spiro atoms. The Labute approximate surface area is 147 Å². The maximum atomic E-state index is 12.1. The molecule has 132 valence electrons. The maximum absolute atomic E-state index is 12.1. The van der Waals surface area contributed by atoms with Gasteiger partial charge in [0.25, 0.3) is 0 Å². The number of hydrogen-bond donors (Lipinski definition) is 2. The van der Waals surface area contributed by atoms with Gasteiger partial charge in [0.15, 0.2) is 0 Å². The Morgan fingerprint density at radius 2 is 2.04 bits per heavy atom. The van der Waals surface area contributed by atoms with E-state index in [1.54, 1.807) is 0 Å². The number of thioether (sulfide) groups is 1. The van der Waals surface area contributed by atoms with Crippen LogP contribution in [0.25, 0.3) is 0 Å². The summed E-state index contributed by atoms with van der Waals surface area (Å²) < 4.78 is 5.33. The highest BCUT2D eigenvalue weighted by molar-refractivity contribution is 8.00. The minimum atomic E-state index is -0.995. The van der Waals surface area contributed by atoms with Crippen molar-refractivity contribution in [3.8, 4) is 0 Å². The normalized spacial score (nSPS) is 19.0. The zero-order valence-electron chi connectivity index (χ0n) is 14.2. The highest BCUT2D eigenvalue weighted by atomic mass is 32.2. The van der Waals surface area contributed by atoms with Crippen molar-refractivity contribution >= 4 is 23.6 Å². The first-order valence-corrected chi connectivity index (χ1v) is 9.28. The SMILES string of the molecule is CC(C)c1ccc(SCC(=O)NC(C(=O)O)C2CCCOC2)cc1. The Bertz CT molecular complexity index is 553. The number of ether oxygens (including phenoxy) is 1. The van der Waals surface area contributed by atoms with Gasteiger partial charge < -0.3 is 15.2 Å². The summed E-state index contributed by atoms with van der Waals surface area (Å²) >= 11 is 1.41. The first kappa shape index (κ1) is 18.8. The van der Waals surface area contributed by atoms with Crippen molar-refractivity contribution in [2.24, 2.45) is 5.92 Å². The van der Waals surface area contributed by atoms with Crippen LogP contribution in [0.15, 0.2) is 29.2 Å². The van der Waals surface area contributed by atoms with Gasteiger partial charge in [-0.15, -0.1) is 11.8 Å². The van der Waals surface area contributed by atoms with Crippen LogP contribution in [0.4, 0.5) is 0 Å². The lowest BCUT2D eigenvalue weighted by atomic mass is 9.94. The van der Waals surface area contributed by atoms with Crippen LogP contribution in [0.3, 0.4) is 0 Å². The number of hydrogen-bond acceptors (Lipinski definition) is 4. The fourth-order valence-electron chi connectivity index (χ4n) is 2.72. The standard InChI is InChI=1S/C18H25NO4S/c1-12(2)13-5-7-15(8-6-13)24-11-16(20)19-17(18(21)22)14-4-3-9-23-10-14/h5-8,12,14,17H,3-4,9-11H2,1-2H3,(H,19,20)(H,21,22). The van der Waals surface area contributed by atoms with Crippen molar-refractivity contribution in [3.05, 3.63) is 29.8 Å². The molecule has 1 aliphatic heterocycles. The number of carboxylic acids is 1. The Kier molecular flexibility index (Phi) is 7.12. The van der Waals surface area contributed by atoms with E-state index in [2.05, 4.69) is 31.3 Å². The number of carboxylic acid groups (broad SMARTS) is 1. The van der Waals surface area contributed by atoms with Crippen LogP contribution < -0.4 is 5.32 Å². The maximum Gasteiger partial charge on any atom is 0.326 e. The molecule has 1 aliphatic rings. The van der Waals surface area contributed by atoms with Crippen LogP contribution in [0.5, 0.6) is 0 Å². The van der Waals surface area contributed by atoms with Crippen molar-refractivity contribution < 1.29 is 19.4 Å². The fourth-order valence-corrected chi connectivity index (χ4v) is 3.43. The van der Waals surface area contributed by atoms with Gasteiger partial charge in [0.2, 0.25) is 5.91 Å². The van der Waals surface area contributed by atoms with E-state index in [0.717, 1.165) is 17.7 Å². The Hall–Kier alpha value is -1.53. The van der Waals surface area contributed by atoms with E-state index in [0.29, 0.717) is 19.1 Å². The van der Waals surface area contributed by atoms with Crippen LogP contribution in [0.2, 0.25) is 0 Å². The second-order valence-corrected chi connectivity index (χ2v) is 7.42. The summed E-state index contributed by atoms with van der Waals surface area (Å²) in [4.78, 5) is 24.5. The first-order chi connectivity index (χ1) is 11.5. The highest BCUT2D eigenvalue weighted by Crippen LogP contribution is 2.22. The van der Waals surface area contributed by atoms with Crippen LogP contribution in [-0.2, 0) is 14.3 Å². The summed E-state index contributed by atoms with van der Waals surface area (Å²) in [5.41, 5.74) is 1.26. The largest absolute Gasteiger partial charge is 0.480 e. The first-order valence-electron chi connectivity index (χ1n) is 8.30. The summed E-state index contributed by atoms with van der Waals surface area (Å²) in [6, 6.07) is 7.24. The lowest BCUT2D eigenvalue weighted by Gasteiger charge is -2.28. The average Bonchev–Trinajstić information content (AvgIpc) is 2.58. The smallest absolute Gasteiger partial charge is 0.326 e. The quantitative estimate of drug-likeness (QED) is 0.739. The van der Waals surface area contributed by atoms with Gasteiger partial charge >= 0.3 is 5.97 Å². The zero-order valence-corrected chi connectivity index (χ0v) is 15.0. The van der Waals surface area contributed by atoms with Gasteiger partial charge in [0.1, 0.15) is 6.04 Å². The number of amides is 1. The van der Waals surface area contributed by atoms with Gasteiger partial charge in [-0.25, -0.2) is 4.79 Å². The minimum Gasteiger partial charge on any atom is -0.480 e. The predicted molar refractivity (Wildman–Crippen MR) is 94.4 cm³/mol. The summed E-state index contributed by atoms with van der Waals surface area (Å²) in [7, 11) is 0. The fraction of sp³-hybridized carbons (Fsp3) is 0.556. The van der Waals surface area contributed by atoms with E-state index < -0.39 is 12.0 Å². The predicted octanol–water partition coefficient (Wildman–Crippen LogP) is 2.90. The third kappa shape index (κ3) is 5.53. The van der Waals surface area contributed by atoms with E-state index in [9.17, 15) is 14.7 Å². The number of aliphatic carboxylic acids is 1. The monoisotopic (exact) mass is 351 g/mol. The molecule has 2 unspecified atom stereocenters. The number of carbonyl (C=O) groups is 2. The number of carbonyl (C=O) groups excluding carboxylic acids is 1. The summed E-state index contributed by atoms with van der Waals surface area (Å²) in [5, 5.41) is 12.0. The van der Waals surface area contributed by atoms with Crippen molar-refractivity contribution in [3.63, 3.8) is 0 Å². The lowest BCUT2D eigenvalue weighted by Crippen LogP contribution is -2.48. The molecule has 0 radical (unpaired) electrons. The Balaban J connectivity index is 1.85. The van der Waals surface area contributed by atoms with Gasteiger partial charge in [0, 0.05) is 17.4 Å². The number of rotatable bonds is 7. The van der Waals surface area contributed by atoms with Crippen LogP contribution >= 0.6 is 11.8 Å². The topological polar surface area (TPSA) is 75.6 Å². The van der Waals surface area contributed by atoms with Gasteiger partial charge in [-0.2, -0.15) is 0 Å². The van der Waals surface area contributed by atoms with E-state index in [4.69, 9.17) is 4.74 Å². The van der Waals surface area contributed by atoms with Crippen molar-refractivity contribution in [2.75, 3.05) is 19.0 Å². The van der Waals surface area contributed by atoms with Gasteiger partial charge in [-0.3, -0.25) is 4.79 Å².